The van der Waals surface area contributed by atoms with Crippen molar-refractivity contribution in [3.63, 3.8) is 0 Å². The highest BCUT2D eigenvalue weighted by Gasteiger charge is 2.28. The van der Waals surface area contributed by atoms with E-state index in [2.05, 4.69) is 58.1 Å². The summed E-state index contributed by atoms with van der Waals surface area (Å²) in [6.07, 6.45) is 7.75. The minimum atomic E-state index is -0.726. The predicted molar refractivity (Wildman–Crippen MR) is 156 cm³/mol. The highest BCUT2D eigenvalue weighted by atomic mass is 35.5. The maximum atomic E-state index is 11.2. The van der Waals surface area contributed by atoms with E-state index in [9.17, 15) is 5.11 Å². The summed E-state index contributed by atoms with van der Waals surface area (Å²) in [5.41, 5.74) is 4.12. The van der Waals surface area contributed by atoms with Gasteiger partial charge in [-0.15, -0.1) is 0 Å². The van der Waals surface area contributed by atoms with E-state index in [0.29, 0.717) is 16.3 Å². The first-order valence-corrected chi connectivity index (χ1v) is 14.0. The minimum absolute atomic E-state index is 0.282. The van der Waals surface area contributed by atoms with Crippen LogP contribution in [0.5, 0.6) is 0 Å². The van der Waals surface area contributed by atoms with E-state index < -0.39 is 6.10 Å². The Kier molecular flexibility index (Phi) is 8.61. The van der Waals surface area contributed by atoms with Crippen LogP contribution in [0.2, 0.25) is 10.3 Å². The Labute approximate surface area is 235 Å². The number of aliphatic hydroxyl groups excluding tert-OH is 1. The average molecular weight is 550 g/mol. The summed E-state index contributed by atoms with van der Waals surface area (Å²) in [6, 6.07) is 20.8. The molecule has 2 fully saturated rings. The van der Waals surface area contributed by atoms with E-state index in [4.69, 9.17) is 23.2 Å². The van der Waals surface area contributed by atoms with Crippen LogP contribution < -0.4 is 0 Å². The van der Waals surface area contributed by atoms with Gasteiger partial charge in [0.25, 0.3) is 0 Å². The number of pyridine rings is 2. The van der Waals surface area contributed by atoms with Gasteiger partial charge >= 0.3 is 0 Å². The Morgan fingerprint density at radius 3 is 2.16 bits per heavy atom. The Morgan fingerprint density at radius 1 is 0.789 bits per heavy atom. The molecule has 0 spiro atoms. The molecule has 3 atom stereocenters. The summed E-state index contributed by atoms with van der Waals surface area (Å²) in [6.45, 7) is 2.25. The van der Waals surface area contributed by atoms with E-state index in [0.717, 1.165) is 46.8 Å². The fraction of sp³-hybridized carbons (Fsp3) is 0.355. The molecule has 2 aliphatic rings. The van der Waals surface area contributed by atoms with E-state index in [1.54, 1.807) is 0 Å². The number of hydrogen-bond donors (Lipinski definition) is 1. The number of nitrogens with zero attached hydrogens (tertiary/aromatic N) is 4. The van der Waals surface area contributed by atoms with E-state index >= 15 is 0 Å². The Hall–Kier alpha value is -2.54. The summed E-state index contributed by atoms with van der Waals surface area (Å²) < 4.78 is 0. The normalized spacial score (nSPS) is 20.9. The molecule has 0 amide bonds. The van der Waals surface area contributed by atoms with Crippen LogP contribution in [0.4, 0.5) is 0 Å². The lowest BCUT2D eigenvalue weighted by Crippen LogP contribution is -2.20. The minimum Gasteiger partial charge on any atom is -0.384 e. The molecule has 38 heavy (non-hydrogen) atoms. The van der Waals surface area contributed by atoms with Crippen LogP contribution in [0.25, 0.3) is 10.8 Å². The second-order valence-corrected chi connectivity index (χ2v) is 11.1. The molecule has 0 saturated carbocycles. The van der Waals surface area contributed by atoms with Crippen molar-refractivity contribution < 1.29 is 5.11 Å². The maximum Gasteiger partial charge on any atom is 0.129 e. The van der Waals surface area contributed by atoms with Crippen molar-refractivity contribution in [3.05, 3.63) is 106 Å². The van der Waals surface area contributed by atoms with Gasteiger partial charge in [-0.2, -0.15) is 0 Å². The molecule has 2 aromatic carbocycles. The van der Waals surface area contributed by atoms with Gasteiger partial charge in [-0.25, -0.2) is 9.97 Å². The molecule has 0 unspecified atom stereocenters. The summed E-state index contributed by atoms with van der Waals surface area (Å²) in [5, 5.41) is 14.4. The number of hydrogen-bond acceptors (Lipinski definition) is 5. The summed E-state index contributed by atoms with van der Waals surface area (Å²) in [4.78, 5) is 13.1. The zero-order valence-electron chi connectivity index (χ0n) is 21.9. The number of fused-ring (bicyclic) bond motifs is 1. The number of aliphatic hydroxyl groups is 1. The van der Waals surface area contributed by atoms with Gasteiger partial charge in [0.15, 0.2) is 0 Å². The maximum absolute atomic E-state index is 11.2. The molecule has 6 rings (SSSR count). The number of rotatable bonds is 4. The third-order valence-electron chi connectivity index (χ3n) is 7.88. The molecular weight excluding hydrogens is 515 g/mol. The molecule has 0 radical (unpaired) electrons. The van der Waals surface area contributed by atoms with Gasteiger partial charge < -0.3 is 5.11 Å². The quantitative estimate of drug-likeness (QED) is 0.272. The molecule has 1 N–H and O–H groups in total. The lowest BCUT2D eigenvalue weighted by molar-refractivity contribution is 0.216. The first-order valence-electron chi connectivity index (χ1n) is 13.3. The van der Waals surface area contributed by atoms with Gasteiger partial charge in [0.05, 0.1) is 0 Å². The first kappa shape index (κ1) is 27.0. The van der Waals surface area contributed by atoms with Crippen molar-refractivity contribution in [3.8, 4) is 0 Å². The zero-order valence-corrected chi connectivity index (χ0v) is 23.4. The molecule has 5 nitrogen and oxygen atoms in total. The van der Waals surface area contributed by atoms with Gasteiger partial charge in [-0.05, 0) is 98.0 Å². The molecule has 198 valence electrons. The van der Waals surface area contributed by atoms with Crippen LogP contribution in [0.15, 0.2) is 73.1 Å². The Bertz CT molecular complexity index is 1370. The number of aromatic nitrogens is 2. The number of halogens is 2. The monoisotopic (exact) mass is 548 g/mol. The van der Waals surface area contributed by atoms with Crippen molar-refractivity contribution in [2.75, 3.05) is 27.2 Å². The van der Waals surface area contributed by atoms with Gasteiger partial charge in [0, 0.05) is 24.5 Å². The standard InChI is InChI=1S/C21H21ClN2O.C10H13ClN2/c1-24-11-5-10-19(24)18-13-23-20(22)12-17(18)21(25)16-9-4-7-14-6-2-3-8-15(14)16;1-13-6-2-3-9(13)8-4-5-10(11)12-7-8/h2-4,6-9,12-13,19,21,25H,5,10-11H2,1H3;4-5,7,9H,2-3,6H2,1H3/t19-,21+;9-/m00/s1. The molecule has 2 aromatic heterocycles. The third-order valence-corrected chi connectivity index (χ3v) is 8.31. The predicted octanol–water partition coefficient (Wildman–Crippen LogP) is 7.24. The molecule has 0 aliphatic carbocycles. The largest absolute Gasteiger partial charge is 0.384 e. The van der Waals surface area contributed by atoms with E-state index in [1.165, 1.54) is 24.9 Å². The summed E-state index contributed by atoms with van der Waals surface area (Å²) in [5.74, 6) is 0. The van der Waals surface area contributed by atoms with Crippen LogP contribution >= 0.6 is 23.2 Å². The van der Waals surface area contributed by atoms with Gasteiger partial charge in [-0.1, -0.05) is 71.7 Å². The van der Waals surface area contributed by atoms with Crippen LogP contribution in [-0.4, -0.2) is 52.1 Å². The summed E-state index contributed by atoms with van der Waals surface area (Å²) >= 11 is 11.9. The van der Waals surface area contributed by atoms with Crippen LogP contribution in [0, 0.1) is 0 Å². The molecule has 4 heterocycles. The number of likely N-dealkylation sites (tertiary alicyclic amines) is 2. The average Bonchev–Trinajstić information content (AvgIpc) is 3.56. The second-order valence-electron chi connectivity index (χ2n) is 10.3. The fourth-order valence-electron chi connectivity index (χ4n) is 5.85. The highest BCUT2D eigenvalue weighted by molar-refractivity contribution is 6.29. The lowest BCUT2D eigenvalue weighted by atomic mass is 9.91. The molecule has 0 bridgehead atoms. The molecular formula is C31H34Cl2N4O. The Balaban J connectivity index is 0.000000190. The topological polar surface area (TPSA) is 52.5 Å². The van der Waals surface area contributed by atoms with Crippen molar-refractivity contribution in [1.82, 2.24) is 19.8 Å². The molecule has 7 heteroatoms. The van der Waals surface area contributed by atoms with Gasteiger partial charge in [0.1, 0.15) is 16.4 Å². The van der Waals surface area contributed by atoms with E-state index in [-0.39, 0.29) is 6.04 Å². The molecule has 2 saturated heterocycles. The van der Waals surface area contributed by atoms with Crippen molar-refractivity contribution >= 4 is 34.0 Å². The van der Waals surface area contributed by atoms with Crippen molar-refractivity contribution in [2.24, 2.45) is 0 Å². The zero-order chi connectivity index (χ0) is 26.6. The van der Waals surface area contributed by atoms with Crippen LogP contribution in [0.1, 0.15) is 66.1 Å². The highest BCUT2D eigenvalue weighted by Crippen LogP contribution is 2.38. The second kappa shape index (κ2) is 12.1. The lowest BCUT2D eigenvalue weighted by Gasteiger charge is -2.25. The smallest absolute Gasteiger partial charge is 0.129 e. The van der Waals surface area contributed by atoms with Crippen LogP contribution in [-0.2, 0) is 0 Å². The Morgan fingerprint density at radius 2 is 1.47 bits per heavy atom. The van der Waals surface area contributed by atoms with Crippen molar-refractivity contribution in [1.29, 1.82) is 0 Å². The third kappa shape index (κ3) is 5.88. The van der Waals surface area contributed by atoms with Gasteiger partial charge in [-0.3, -0.25) is 9.80 Å². The first-order chi connectivity index (χ1) is 18.4. The van der Waals surface area contributed by atoms with Crippen LogP contribution in [0.3, 0.4) is 0 Å². The molecule has 2 aliphatic heterocycles. The van der Waals surface area contributed by atoms with E-state index in [1.807, 2.05) is 48.8 Å². The summed E-state index contributed by atoms with van der Waals surface area (Å²) in [7, 11) is 4.28. The number of benzene rings is 2. The SMILES string of the molecule is CN1CCC[C@H]1c1ccc(Cl)nc1.CN1CCC[C@H]1c1cnc(Cl)cc1[C@H](O)c1cccc2ccccc12. The molecule has 4 aromatic rings. The fourth-order valence-corrected chi connectivity index (χ4v) is 6.12. The van der Waals surface area contributed by atoms with Crippen molar-refractivity contribution in [2.45, 2.75) is 43.9 Å². The van der Waals surface area contributed by atoms with Gasteiger partial charge in [0.2, 0.25) is 0 Å².